The Bertz CT molecular complexity index is 349. The second-order valence-electron chi connectivity index (χ2n) is 5.89. The Balaban J connectivity index is 2.09. The Morgan fingerprint density at radius 2 is 2.00 bits per heavy atom. The zero-order valence-electron chi connectivity index (χ0n) is 12.8. The molecular formula is C14H28O5S. The molecule has 3 atom stereocenters. The molecule has 1 fully saturated rings. The van der Waals surface area contributed by atoms with Gasteiger partial charge in [-0.3, -0.25) is 4.18 Å². The minimum Gasteiger partial charge on any atom is -0.353 e. The maximum absolute atomic E-state index is 10.9. The van der Waals surface area contributed by atoms with E-state index in [1.165, 1.54) is 6.42 Å². The van der Waals surface area contributed by atoms with Gasteiger partial charge in [0.25, 0.3) is 10.1 Å². The molecule has 0 radical (unpaired) electrons. The van der Waals surface area contributed by atoms with Gasteiger partial charge in [0.1, 0.15) is 0 Å². The lowest BCUT2D eigenvalue weighted by Gasteiger charge is -2.25. The van der Waals surface area contributed by atoms with Crippen LogP contribution in [0.3, 0.4) is 0 Å². The van der Waals surface area contributed by atoms with Gasteiger partial charge in [-0.1, -0.05) is 13.8 Å². The summed E-state index contributed by atoms with van der Waals surface area (Å²) in [5.74, 6) is 0.858. The topological polar surface area (TPSA) is 61.8 Å². The second kappa shape index (κ2) is 8.97. The lowest BCUT2D eigenvalue weighted by atomic mass is 9.95. The summed E-state index contributed by atoms with van der Waals surface area (Å²) in [4.78, 5) is 0. The van der Waals surface area contributed by atoms with E-state index in [1.807, 2.05) is 0 Å². The minimum absolute atomic E-state index is 0.0323. The Labute approximate surface area is 123 Å². The molecular weight excluding hydrogens is 280 g/mol. The predicted molar refractivity (Wildman–Crippen MR) is 77.9 cm³/mol. The number of rotatable bonds is 9. The number of hydrogen-bond donors (Lipinski definition) is 0. The van der Waals surface area contributed by atoms with Gasteiger partial charge >= 0.3 is 0 Å². The lowest BCUT2D eigenvalue weighted by molar-refractivity contribution is -0.168. The third-order valence-corrected chi connectivity index (χ3v) is 4.01. The van der Waals surface area contributed by atoms with E-state index in [2.05, 4.69) is 13.8 Å². The summed E-state index contributed by atoms with van der Waals surface area (Å²) in [5.41, 5.74) is 0. The molecule has 5 nitrogen and oxygen atoms in total. The van der Waals surface area contributed by atoms with Gasteiger partial charge in [0, 0.05) is 6.61 Å². The highest BCUT2D eigenvalue weighted by molar-refractivity contribution is 7.85. The quantitative estimate of drug-likeness (QED) is 0.613. The highest BCUT2D eigenvalue weighted by atomic mass is 32.2. The summed E-state index contributed by atoms with van der Waals surface area (Å²) in [6.45, 7) is 6.02. The molecule has 120 valence electrons. The van der Waals surface area contributed by atoms with E-state index in [9.17, 15) is 8.42 Å². The van der Waals surface area contributed by atoms with Crippen LogP contribution in [0.15, 0.2) is 0 Å². The summed E-state index contributed by atoms with van der Waals surface area (Å²) in [7, 11) is -3.31. The fraction of sp³-hybridized carbons (Fsp3) is 1.00. The number of hydrogen-bond acceptors (Lipinski definition) is 5. The minimum atomic E-state index is -3.31. The van der Waals surface area contributed by atoms with Crippen LogP contribution in [-0.4, -0.2) is 40.8 Å². The van der Waals surface area contributed by atoms with E-state index in [0.29, 0.717) is 18.4 Å². The maximum Gasteiger partial charge on any atom is 0.264 e. The molecule has 3 unspecified atom stereocenters. The Hall–Kier alpha value is -0.170. The molecule has 0 aromatic carbocycles. The Morgan fingerprint density at radius 1 is 1.25 bits per heavy atom. The van der Waals surface area contributed by atoms with E-state index in [1.54, 1.807) is 0 Å². The van der Waals surface area contributed by atoms with Gasteiger partial charge in [-0.05, 0) is 43.9 Å². The Kier molecular flexibility index (Phi) is 8.02. The molecule has 0 aromatic rings. The lowest BCUT2D eigenvalue weighted by Crippen LogP contribution is -2.25. The molecule has 0 spiro atoms. The first-order chi connectivity index (χ1) is 9.37. The monoisotopic (exact) mass is 308 g/mol. The molecule has 0 saturated carbocycles. The van der Waals surface area contributed by atoms with Crippen LogP contribution >= 0.6 is 0 Å². The third kappa shape index (κ3) is 8.89. The van der Waals surface area contributed by atoms with Crippen LogP contribution in [0.5, 0.6) is 0 Å². The van der Waals surface area contributed by atoms with E-state index in [4.69, 9.17) is 13.7 Å². The van der Waals surface area contributed by atoms with Crippen molar-refractivity contribution < 1.29 is 22.1 Å². The van der Waals surface area contributed by atoms with Crippen LogP contribution in [-0.2, 0) is 23.8 Å². The smallest absolute Gasteiger partial charge is 0.264 e. The fourth-order valence-corrected chi connectivity index (χ4v) is 2.79. The number of ether oxygens (including phenoxy) is 2. The maximum atomic E-state index is 10.9. The van der Waals surface area contributed by atoms with Crippen molar-refractivity contribution >= 4 is 10.1 Å². The summed E-state index contributed by atoms with van der Waals surface area (Å²) in [6, 6.07) is 0. The predicted octanol–water partition coefficient (Wildman–Crippen LogP) is 2.56. The summed E-state index contributed by atoms with van der Waals surface area (Å²) < 4.78 is 37.8. The third-order valence-electron chi connectivity index (χ3n) is 3.42. The van der Waals surface area contributed by atoms with Gasteiger partial charge in [-0.15, -0.1) is 0 Å². The molecule has 0 aliphatic carbocycles. The second-order valence-corrected chi connectivity index (χ2v) is 7.53. The van der Waals surface area contributed by atoms with Crippen LogP contribution in [0.1, 0.15) is 46.0 Å². The normalized spacial score (nSPS) is 23.4. The van der Waals surface area contributed by atoms with Crippen molar-refractivity contribution in [2.24, 2.45) is 11.8 Å². The van der Waals surface area contributed by atoms with Gasteiger partial charge < -0.3 is 9.47 Å². The highest BCUT2D eigenvalue weighted by Gasteiger charge is 2.16. The first-order valence-corrected chi connectivity index (χ1v) is 9.26. The molecule has 20 heavy (non-hydrogen) atoms. The van der Waals surface area contributed by atoms with Crippen molar-refractivity contribution in [1.82, 2.24) is 0 Å². The molecule has 0 amide bonds. The SMILES string of the molecule is CC(CCOS(C)(=O)=O)CC(C)COC1CCCCO1. The highest BCUT2D eigenvalue weighted by Crippen LogP contribution is 2.19. The molecule has 0 N–H and O–H groups in total. The summed E-state index contributed by atoms with van der Waals surface area (Å²) >= 11 is 0. The fourth-order valence-electron chi connectivity index (χ4n) is 2.39. The van der Waals surface area contributed by atoms with Crippen LogP contribution in [0.2, 0.25) is 0 Å². The molecule has 6 heteroatoms. The summed E-state index contributed by atoms with van der Waals surface area (Å²) in [5, 5.41) is 0. The van der Waals surface area contributed by atoms with E-state index in [0.717, 1.165) is 38.5 Å². The standard InChI is InChI=1S/C14H28O5S/c1-12(7-9-19-20(3,15)16)10-13(2)11-18-14-6-4-5-8-17-14/h12-14H,4-11H2,1-3H3. The van der Waals surface area contributed by atoms with Crippen LogP contribution in [0.25, 0.3) is 0 Å². The summed E-state index contributed by atoms with van der Waals surface area (Å²) in [6.07, 6.45) is 6.10. The molecule has 1 saturated heterocycles. The first-order valence-electron chi connectivity index (χ1n) is 7.44. The molecule has 1 aliphatic rings. The van der Waals surface area contributed by atoms with Gasteiger partial charge in [0.15, 0.2) is 6.29 Å². The van der Waals surface area contributed by atoms with Crippen molar-refractivity contribution in [3.05, 3.63) is 0 Å². The zero-order valence-corrected chi connectivity index (χ0v) is 13.7. The van der Waals surface area contributed by atoms with Crippen molar-refractivity contribution in [3.63, 3.8) is 0 Å². The molecule has 0 aromatic heterocycles. The van der Waals surface area contributed by atoms with Crippen molar-refractivity contribution in [1.29, 1.82) is 0 Å². The molecule has 1 heterocycles. The first kappa shape index (κ1) is 17.9. The van der Waals surface area contributed by atoms with E-state index >= 15 is 0 Å². The largest absolute Gasteiger partial charge is 0.353 e. The van der Waals surface area contributed by atoms with Gasteiger partial charge in [0.05, 0.1) is 19.5 Å². The zero-order chi connectivity index (χ0) is 15.0. The van der Waals surface area contributed by atoms with Crippen molar-refractivity contribution in [3.8, 4) is 0 Å². The van der Waals surface area contributed by atoms with Gasteiger partial charge in [-0.2, -0.15) is 8.42 Å². The van der Waals surface area contributed by atoms with E-state index < -0.39 is 10.1 Å². The van der Waals surface area contributed by atoms with Crippen molar-refractivity contribution in [2.75, 3.05) is 26.1 Å². The molecule has 1 rings (SSSR count). The van der Waals surface area contributed by atoms with Crippen molar-refractivity contribution in [2.45, 2.75) is 52.2 Å². The van der Waals surface area contributed by atoms with Crippen LogP contribution in [0, 0.1) is 11.8 Å². The molecule has 0 bridgehead atoms. The molecule has 1 aliphatic heterocycles. The van der Waals surface area contributed by atoms with E-state index in [-0.39, 0.29) is 12.9 Å². The Morgan fingerprint density at radius 3 is 2.60 bits per heavy atom. The average Bonchev–Trinajstić information content (AvgIpc) is 2.36. The van der Waals surface area contributed by atoms with Crippen LogP contribution < -0.4 is 0 Å². The van der Waals surface area contributed by atoms with Gasteiger partial charge in [0.2, 0.25) is 0 Å². The van der Waals surface area contributed by atoms with Crippen LogP contribution in [0.4, 0.5) is 0 Å². The average molecular weight is 308 g/mol. The van der Waals surface area contributed by atoms with Gasteiger partial charge in [-0.25, -0.2) is 0 Å².